The molecule has 0 unspecified atom stereocenters. The molecule has 0 bridgehead atoms. The standard InChI is InChI=1S/C18H36N2O2Si.C2HF3O2/c1-13(2)23(14(3)4,15(5)6)22-16-10-18(7,11-16)20-9-8-19-12-17(20)21;3-2(4,5)1(6)7/h13-16,19H,8-12H2,1-7H3;(H,6,7)/t16-,18-;. The van der Waals surface area contributed by atoms with Gasteiger partial charge in [-0.1, -0.05) is 41.5 Å². The largest absolute Gasteiger partial charge is 0.490 e. The molecule has 0 aromatic carbocycles. The zero-order valence-electron chi connectivity index (χ0n) is 19.1. The number of hydrogen-bond acceptors (Lipinski definition) is 4. The third kappa shape index (κ3) is 5.97. The van der Waals surface area contributed by atoms with Crippen molar-refractivity contribution < 1.29 is 32.3 Å². The van der Waals surface area contributed by atoms with Crippen molar-refractivity contribution in [2.24, 2.45) is 0 Å². The summed E-state index contributed by atoms with van der Waals surface area (Å²) in [5.41, 5.74) is 1.87. The summed E-state index contributed by atoms with van der Waals surface area (Å²) >= 11 is 0. The van der Waals surface area contributed by atoms with Gasteiger partial charge in [0.2, 0.25) is 14.2 Å². The van der Waals surface area contributed by atoms with Crippen LogP contribution >= 0.6 is 0 Å². The maximum atomic E-state index is 12.2. The number of carbonyl (C=O) groups is 2. The van der Waals surface area contributed by atoms with Crippen molar-refractivity contribution in [2.45, 2.75) is 95.8 Å². The van der Waals surface area contributed by atoms with Crippen LogP contribution in [0.4, 0.5) is 13.2 Å². The van der Waals surface area contributed by atoms with Gasteiger partial charge in [-0.15, -0.1) is 0 Å². The van der Waals surface area contributed by atoms with Gasteiger partial charge in [0.1, 0.15) is 0 Å². The molecule has 2 aliphatic rings. The van der Waals surface area contributed by atoms with E-state index in [1.807, 2.05) is 0 Å². The number of hydrogen-bond donors (Lipinski definition) is 2. The predicted molar refractivity (Wildman–Crippen MR) is 112 cm³/mol. The van der Waals surface area contributed by atoms with E-state index in [2.05, 4.69) is 58.7 Å². The van der Waals surface area contributed by atoms with Crippen molar-refractivity contribution >= 4 is 20.2 Å². The van der Waals surface area contributed by atoms with Crippen molar-refractivity contribution in [2.75, 3.05) is 19.6 Å². The third-order valence-corrected chi connectivity index (χ3v) is 12.6. The number of carbonyl (C=O) groups excluding carboxylic acids is 1. The molecule has 2 fully saturated rings. The SMILES string of the molecule is CC(C)[Si](O[C@H]1C[C@](C)(N2CCNCC2=O)C1)(C(C)C)C(C)C.O=C(O)C(F)(F)F. The molecule has 0 aromatic heterocycles. The second-order valence-electron chi connectivity index (χ2n) is 9.49. The first-order valence-corrected chi connectivity index (χ1v) is 12.7. The van der Waals surface area contributed by atoms with E-state index < -0.39 is 20.5 Å². The minimum atomic E-state index is -5.08. The van der Waals surface area contributed by atoms with Crippen molar-refractivity contribution in [3.8, 4) is 0 Å². The number of nitrogens with one attached hydrogen (secondary N) is 1. The summed E-state index contributed by atoms with van der Waals surface area (Å²) < 4.78 is 38.6. The molecule has 0 aromatic rings. The Bertz CT molecular complexity index is 584. The number of alkyl halides is 3. The van der Waals surface area contributed by atoms with Gasteiger partial charge in [-0.3, -0.25) is 4.79 Å². The molecule has 0 atom stereocenters. The molecule has 1 aliphatic carbocycles. The fourth-order valence-electron chi connectivity index (χ4n) is 5.10. The first-order chi connectivity index (χ1) is 13.6. The highest BCUT2D eigenvalue weighted by Gasteiger charge is 2.53. The summed E-state index contributed by atoms with van der Waals surface area (Å²) in [6.07, 6.45) is -2.75. The molecule has 2 N–H and O–H groups in total. The van der Waals surface area contributed by atoms with Gasteiger partial charge >= 0.3 is 12.1 Å². The molecule has 1 amide bonds. The fourth-order valence-corrected chi connectivity index (χ4v) is 10.7. The molecule has 2 rings (SSSR count). The van der Waals surface area contributed by atoms with E-state index in [0.29, 0.717) is 29.3 Å². The predicted octanol–water partition coefficient (Wildman–Crippen LogP) is 4.16. The van der Waals surface area contributed by atoms with Crippen LogP contribution in [0.15, 0.2) is 0 Å². The van der Waals surface area contributed by atoms with Crippen LogP contribution in [-0.2, 0) is 14.0 Å². The van der Waals surface area contributed by atoms with Gasteiger partial charge in [0, 0.05) is 24.7 Å². The molecule has 1 saturated heterocycles. The molecule has 1 saturated carbocycles. The summed E-state index contributed by atoms with van der Waals surface area (Å²) in [4.78, 5) is 23.2. The maximum absolute atomic E-state index is 12.2. The Morgan fingerprint density at radius 2 is 1.60 bits per heavy atom. The van der Waals surface area contributed by atoms with Crippen LogP contribution in [0.1, 0.15) is 61.3 Å². The number of halogens is 3. The number of rotatable bonds is 6. The molecule has 176 valence electrons. The molecule has 1 heterocycles. The van der Waals surface area contributed by atoms with Crippen LogP contribution in [-0.4, -0.2) is 67.7 Å². The first kappa shape index (κ1) is 26.9. The molecule has 10 heteroatoms. The van der Waals surface area contributed by atoms with Crippen LogP contribution in [0.5, 0.6) is 0 Å². The highest BCUT2D eigenvalue weighted by Crippen LogP contribution is 2.48. The van der Waals surface area contributed by atoms with E-state index in [4.69, 9.17) is 14.3 Å². The van der Waals surface area contributed by atoms with Crippen molar-refractivity contribution in [3.05, 3.63) is 0 Å². The second-order valence-corrected chi connectivity index (χ2v) is 14.9. The van der Waals surface area contributed by atoms with E-state index in [0.717, 1.165) is 25.9 Å². The van der Waals surface area contributed by atoms with Crippen LogP contribution in [0.2, 0.25) is 16.6 Å². The fraction of sp³-hybridized carbons (Fsp3) is 0.900. The average Bonchev–Trinajstić information content (AvgIpc) is 2.56. The molecular formula is C20H37F3N2O4Si. The van der Waals surface area contributed by atoms with Crippen LogP contribution in [0, 0.1) is 0 Å². The quantitative estimate of drug-likeness (QED) is 0.589. The van der Waals surface area contributed by atoms with Crippen LogP contribution in [0.25, 0.3) is 0 Å². The minimum Gasteiger partial charge on any atom is -0.475 e. The lowest BCUT2D eigenvalue weighted by atomic mass is 9.74. The normalized spacial score (nSPS) is 25.3. The summed E-state index contributed by atoms with van der Waals surface area (Å²) in [5.74, 6) is -2.51. The maximum Gasteiger partial charge on any atom is 0.490 e. The second kappa shape index (κ2) is 9.99. The third-order valence-electron chi connectivity index (χ3n) is 6.40. The first-order valence-electron chi connectivity index (χ1n) is 10.6. The Morgan fingerprint density at radius 1 is 1.17 bits per heavy atom. The molecular weight excluding hydrogens is 417 g/mol. The summed E-state index contributed by atoms with van der Waals surface area (Å²) in [5, 5.41) is 10.3. The van der Waals surface area contributed by atoms with E-state index in [1.54, 1.807) is 0 Å². The summed E-state index contributed by atoms with van der Waals surface area (Å²) in [6.45, 7) is 18.5. The Labute approximate surface area is 178 Å². The number of nitrogens with zero attached hydrogens (tertiary/aromatic N) is 1. The molecule has 0 spiro atoms. The van der Waals surface area contributed by atoms with Gasteiger partial charge in [0.25, 0.3) is 0 Å². The van der Waals surface area contributed by atoms with Crippen LogP contribution < -0.4 is 5.32 Å². The van der Waals surface area contributed by atoms with E-state index >= 15 is 0 Å². The zero-order valence-corrected chi connectivity index (χ0v) is 20.1. The van der Waals surface area contributed by atoms with Gasteiger partial charge in [0.05, 0.1) is 6.54 Å². The van der Waals surface area contributed by atoms with Gasteiger partial charge in [-0.25, -0.2) is 4.79 Å². The molecule has 0 radical (unpaired) electrons. The number of carboxylic acid groups (broad SMARTS) is 1. The highest BCUT2D eigenvalue weighted by atomic mass is 28.4. The smallest absolute Gasteiger partial charge is 0.475 e. The van der Waals surface area contributed by atoms with Gasteiger partial charge < -0.3 is 19.7 Å². The zero-order chi connectivity index (χ0) is 23.5. The van der Waals surface area contributed by atoms with Crippen molar-refractivity contribution in [3.63, 3.8) is 0 Å². The Kier molecular flexibility index (Phi) is 8.96. The Hall–Kier alpha value is -1.13. The van der Waals surface area contributed by atoms with E-state index in [9.17, 15) is 18.0 Å². The minimum absolute atomic E-state index is 0.00886. The van der Waals surface area contributed by atoms with E-state index in [1.165, 1.54) is 0 Å². The lowest BCUT2D eigenvalue weighted by Gasteiger charge is -2.56. The number of carboxylic acids is 1. The molecule has 6 nitrogen and oxygen atoms in total. The van der Waals surface area contributed by atoms with E-state index in [-0.39, 0.29) is 11.4 Å². The Balaban J connectivity index is 0.000000553. The highest BCUT2D eigenvalue weighted by molar-refractivity contribution is 6.77. The number of piperazine rings is 1. The van der Waals surface area contributed by atoms with Crippen molar-refractivity contribution in [1.82, 2.24) is 10.2 Å². The summed E-state index contributed by atoms with van der Waals surface area (Å²) in [7, 11) is -1.81. The summed E-state index contributed by atoms with van der Waals surface area (Å²) in [6, 6.07) is 0. The number of amides is 1. The van der Waals surface area contributed by atoms with Gasteiger partial charge in [-0.2, -0.15) is 13.2 Å². The number of aliphatic carboxylic acids is 1. The lowest BCUT2D eigenvalue weighted by Crippen LogP contribution is -2.66. The molecule has 1 aliphatic heterocycles. The Morgan fingerprint density at radius 3 is 1.93 bits per heavy atom. The van der Waals surface area contributed by atoms with Crippen LogP contribution in [0.3, 0.4) is 0 Å². The van der Waals surface area contributed by atoms with Crippen molar-refractivity contribution in [1.29, 1.82) is 0 Å². The lowest BCUT2D eigenvalue weighted by molar-refractivity contribution is -0.192. The molecule has 30 heavy (non-hydrogen) atoms. The topological polar surface area (TPSA) is 78.9 Å². The van der Waals surface area contributed by atoms with Gasteiger partial charge in [-0.05, 0) is 36.4 Å². The average molecular weight is 455 g/mol. The monoisotopic (exact) mass is 454 g/mol. The van der Waals surface area contributed by atoms with Gasteiger partial charge in [0.15, 0.2) is 0 Å².